The fourth-order valence-electron chi connectivity index (χ4n) is 3.10. The number of nitrogens with zero attached hydrogens (tertiary/aromatic N) is 2. The van der Waals surface area contributed by atoms with E-state index in [0.717, 1.165) is 27.8 Å². The third-order valence-corrected chi connectivity index (χ3v) is 7.72. The van der Waals surface area contributed by atoms with Gasteiger partial charge in [0.1, 0.15) is 9.90 Å². The van der Waals surface area contributed by atoms with Crippen LogP contribution in [0, 0.1) is 18.6 Å². The molecule has 4 nitrogen and oxygen atoms in total. The van der Waals surface area contributed by atoms with E-state index in [1.165, 1.54) is 40.2 Å². The Labute approximate surface area is 171 Å². The Balaban J connectivity index is 1.88. The van der Waals surface area contributed by atoms with Gasteiger partial charge < -0.3 is 0 Å². The second-order valence-corrected chi connectivity index (χ2v) is 9.37. The zero-order valence-corrected chi connectivity index (χ0v) is 17.0. The van der Waals surface area contributed by atoms with E-state index in [1.807, 2.05) is 31.2 Å². The summed E-state index contributed by atoms with van der Waals surface area (Å²) >= 11 is 1.34. The van der Waals surface area contributed by atoms with Gasteiger partial charge in [-0.15, -0.1) is 11.3 Å². The van der Waals surface area contributed by atoms with Crippen LogP contribution in [0.25, 0.3) is 10.1 Å². The monoisotopic (exact) mass is 430 g/mol. The molecule has 4 rings (SSSR count). The minimum Gasteiger partial charge on any atom is -0.263 e. The summed E-state index contributed by atoms with van der Waals surface area (Å²) in [6.45, 7) is 1.72. The van der Waals surface area contributed by atoms with Crippen molar-refractivity contribution >= 4 is 36.4 Å². The summed E-state index contributed by atoms with van der Waals surface area (Å²) in [7, 11) is -3.98. The van der Waals surface area contributed by atoms with Gasteiger partial charge in [-0.1, -0.05) is 24.3 Å². The predicted molar refractivity (Wildman–Crippen MR) is 111 cm³/mol. The van der Waals surface area contributed by atoms with Crippen LogP contribution in [0.2, 0.25) is 0 Å². The number of sulfonamides is 1. The molecule has 0 aliphatic heterocycles. The van der Waals surface area contributed by atoms with E-state index < -0.39 is 21.7 Å². The van der Waals surface area contributed by atoms with Crippen molar-refractivity contribution in [1.82, 2.24) is 4.98 Å². The van der Waals surface area contributed by atoms with Crippen molar-refractivity contribution in [1.29, 1.82) is 0 Å². The van der Waals surface area contributed by atoms with Crippen LogP contribution < -0.4 is 4.31 Å². The number of benzene rings is 2. The smallest absolute Gasteiger partial charge is 0.263 e. The minimum absolute atomic E-state index is 0.0273. The van der Waals surface area contributed by atoms with E-state index in [9.17, 15) is 17.2 Å². The van der Waals surface area contributed by atoms with E-state index >= 15 is 0 Å². The number of anilines is 1. The van der Waals surface area contributed by atoms with Gasteiger partial charge in [-0.25, -0.2) is 17.2 Å². The lowest BCUT2D eigenvalue weighted by atomic mass is 10.2. The molecule has 0 aliphatic rings. The molecular formula is C21H16F2N2O2S2. The molecule has 0 bridgehead atoms. The summed E-state index contributed by atoms with van der Waals surface area (Å²) in [4.78, 5) is 3.94. The molecule has 8 heteroatoms. The number of hydrogen-bond donors (Lipinski definition) is 0. The number of thiophene rings is 1. The van der Waals surface area contributed by atoms with E-state index in [4.69, 9.17) is 0 Å². The molecule has 0 saturated carbocycles. The van der Waals surface area contributed by atoms with Crippen LogP contribution in [-0.4, -0.2) is 13.4 Å². The first-order valence-corrected chi connectivity index (χ1v) is 11.0. The van der Waals surface area contributed by atoms with Crippen molar-refractivity contribution in [2.24, 2.45) is 0 Å². The number of aromatic nitrogens is 1. The lowest BCUT2D eigenvalue weighted by Crippen LogP contribution is -2.30. The van der Waals surface area contributed by atoms with Gasteiger partial charge in [0, 0.05) is 17.1 Å². The van der Waals surface area contributed by atoms with E-state index in [2.05, 4.69) is 4.98 Å². The second kappa shape index (κ2) is 7.53. The number of fused-ring (bicyclic) bond motifs is 1. The molecule has 0 fully saturated rings. The molecule has 0 unspecified atom stereocenters. The van der Waals surface area contributed by atoms with Crippen LogP contribution in [0.4, 0.5) is 13.8 Å². The average Bonchev–Trinajstić information content (AvgIpc) is 3.06. The predicted octanol–water partition coefficient (Wildman–Crippen LogP) is 5.28. The van der Waals surface area contributed by atoms with Crippen molar-refractivity contribution in [2.45, 2.75) is 18.4 Å². The summed E-state index contributed by atoms with van der Waals surface area (Å²) in [5.74, 6) is -2.00. The number of pyridine rings is 1. The van der Waals surface area contributed by atoms with Gasteiger partial charge in [0.05, 0.1) is 6.54 Å². The highest BCUT2D eigenvalue weighted by Crippen LogP contribution is 2.40. The normalized spacial score (nSPS) is 11.7. The van der Waals surface area contributed by atoms with E-state index in [1.54, 1.807) is 6.07 Å². The maximum absolute atomic E-state index is 13.7. The summed E-state index contributed by atoms with van der Waals surface area (Å²) in [6, 6.07) is 14.0. The van der Waals surface area contributed by atoms with E-state index in [0.29, 0.717) is 10.6 Å². The molecule has 29 heavy (non-hydrogen) atoms. The molecule has 0 radical (unpaired) electrons. The maximum atomic E-state index is 13.7. The Bertz CT molecular complexity index is 1290. The lowest BCUT2D eigenvalue weighted by molar-refractivity contribution is 0.507. The van der Waals surface area contributed by atoms with Crippen molar-refractivity contribution < 1.29 is 17.2 Å². The SMILES string of the molecule is Cc1c(N(Cc2ccc(F)c(F)c2)S(=O)(=O)c2cccnc2)sc2ccccc12. The highest BCUT2D eigenvalue weighted by molar-refractivity contribution is 7.93. The summed E-state index contributed by atoms with van der Waals surface area (Å²) in [5.41, 5.74) is 1.15. The Morgan fingerprint density at radius 3 is 2.52 bits per heavy atom. The Hall–Kier alpha value is -2.84. The van der Waals surface area contributed by atoms with E-state index in [-0.39, 0.29) is 11.4 Å². The van der Waals surface area contributed by atoms with Crippen LogP contribution in [0.1, 0.15) is 11.1 Å². The summed E-state index contributed by atoms with van der Waals surface area (Å²) in [5, 5.41) is 1.48. The molecule has 0 amide bonds. The zero-order chi connectivity index (χ0) is 20.6. The third kappa shape index (κ3) is 3.61. The standard InChI is InChI=1S/C21H16F2N2O2S2/c1-14-17-6-2-3-7-20(17)28-21(14)25(13-15-8-9-18(22)19(23)11-15)29(26,27)16-5-4-10-24-12-16/h2-12H,13H2,1H3. The molecule has 0 saturated heterocycles. The van der Waals surface area contributed by atoms with Gasteiger partial charge in [-0.2, -0.15) is 0 Å². The first kappa shape index (κ1) is 19.5. The Morgan fingerprint density at radius 2 is 1.83 bits per heavy atom. The molecular weight excluding hydrogens is 414 g/mol. The van der Waals surface area contributed by atoms with Crippen molar-refractivity contribution in [3.8, 4) is 0 Å². The molecule has 148 valence electrons. The molecule has 0 N–H and O–H groups in total. The van der Waals surface area contributed by atoms with Gasteiger partial charge in [-0.05, 0) is 53.8 Å². The van der Waals surface area contributed by atoms with Crippen LogP contribution in [0.15, 0.2) is 71.9 Å². The first-order valence-electron chi connectivity index (χ1n) is 8.73. The van der Waals surface area contributed by atoms with Gasteiger partial charge in [0.15, 0.2) is 11.6 Å². The molecule has 0 atom stereocenters. The summed E-state index contributed by atoms with van der Waals surface area (Å²) < 4.78 is 56.2. The molecule has 0 spiro atoms. The first-order chi connectivity index (χ1) is 13.9. The van der Waals surface area contributed by atoms with Crippen molar-refractivity contribution in [3.63, 3.8) is 0 Å². The van der Waals surface area contributed by atoms with Crippen LogP contribution in [-0.2, 0) is 16.6 Å². The number of hydrogen-bond acceptors (Lipinski definition) is 4. The number of aryl methyl sites for hydroxylation is 1. The lowest BCUT2D eigenvalue weighted by Gasteiger charge is -2.24. The Kier molecular flexibility index (Phi) is 5.06. The quantitative estimate of drug-likeness (QED) is 0.433. The number of rotatable bonds is 5. The molecule has 0 aliphatic carbocycles. The van der Waals surface area contributed by atoms with Crippen molar-refractivity contribution in [2.75, 3.05) is 4.31 Å². The van der Waals surface area contributed by atoms with Crippen LogP contribution in [0.5, 0.6) is 0 Å². The summed E-state index contributed by atoms with van der Waals surface area (Å²) in [6.07, 6.45) is 2.76. The van der Waals surface area contributed by atoms with Crippen LogP contribution in [0.3, 0.4) is 0 Å². The fraction of sp³-hybridized carbons (Fsp3) is 0.0952. The molecule has 2 heterocycles. The Morgan fingerprint density at radius 1 is 1.03 bits per heavy atom. The van der Waals surface area contributed by atoms with Crippen molar-refractivity contribution in [3.05, 3.63) is 89.8 Å². The minimum atomic E-state index is -3.98. The van der Waals surface area contributed by atoms with Gasteiger partial charge in [0.25, 0.3) is 10.0 Å². The van der Waals surface area contributed by atoms with Crippen LogP contribution >= 0.6 is 11.3 Å². The highest BCUT2D eigenvalue weighted by atomic mass is 32.2. The molecule has 2 aromatic carbocycles. The highest BCUT2D eigenvalue weighted by Gasteiger charge is 2.29. The third-order valence-electron chi connectivity index (χ3n) is 4.58. The fourth-order valence-corrected chi connectivity index (χ4v) is 5.99. The molecule has 2 aromatic heterocycles. The van der Waals surface area contributed by atoms with Gasteiger partial charge in [-0.3, -0.25) is 9.29 Å². The average molecular weight is 431 g/mol. The molecule has 4 aromatic rings. The largest absolute Gasteiger partial charge is 0.266 e. The van der Waals surface area contributed by atoms with Gasteiger partial charge in [0.2, 0.25) is 0 Å². The number of halogens is 2. The maximum Gasteiger partial charge on any atom is 0.266 e. The van der Waals surface area contributed by atoms with Gasteiger partial charge >= 0.3 is 0 Å². The topological polar surface area (TPSA) is 50.3 Å². The zero-order valence-electron chi connectivity index (χ0n) is 15.3. The second-order valence-electron chi connectivity index (χ2n) is 6.48.